The van der Waals surface area contributed by atoms with Crippen LogP contribution < -0.4 is 10.1 Å². The third-order valence-corrected chi connectivity index (χ3v) is 3.64. The van der Waals surface area contributed by atoms with E-state index < -0.39 is 0 Å². The fourth-order valence-corrected chi connectivity index (χ4v) is 2.41. The summed E-state index contributed by atoms with van der Waals surface area (Å²) in [6.07, 6.45) is 3.79. The first-order valence-corrected chi connectivity index (χ1v) is 7.85. The molecular formula is C16H19FN4O3. The second-order valence-electron chi connectivity index (χ2n) is 5.59. The molecule has 1 fully saturated rings. The number of nitrogens with one attached hydrogen (secondary N) is 1. The average Bonchev–Trinajstić information content (AvgIpc) is 3.24. The largest absolute Gasteiger partial charge is 0.487 e. The Morgan fingerprint density at radius 1 is 1.42 bits per heavy atom. The minimum atomic E-state index is -0.317. The van der Waals surface area contributed by atoms with Gasteiger partial charge < -0.3 is 14.8 Å². The molecular weight excluding hydrogens is 315 g/mol. The van der Waals surface area contributed by atoms with Crippen molar-refractivity contribution in [3.63, 3.8) is 0 Å². The predicted octanol–water partition coefficient (Wildman–Crippen LogP) is 1.29. The summed E-state index contributed by atoms with van der Waals surface area (Å²) in [5.41, 5.74) is 0.589. The summed E-state index contributed by atoms with van der Waals surface area (Å²) >= 11 is 0. The molecule has 0 radical (unpaired) electrons. The molecule has 1 aliphatic rings. The number of carbonyl (C=O) groups excluding carboxylic acids is 1. The zero-order chi connectivity index (χ0) is 16.8. The average molecular weight is 334 g/mol. The number of carbonyl (C=O) groups is 1. The van der Waals surface area contributed by atoms with Crippen molar-refractivity contribution in [1.29, 1.82) is 0 Å². The van der Waals surface area contributed by atoms with E-state index in [2.05, 4.69) is 15.6 Å². The molecule has 0 unspecified atom stereocenters. The van der Waals surface area contributed by atoms with Crippen LogP contribution in [0.3, 0.4) is 0 Å². The van der Waals surface area contributed by atoms with Gasteiger partial charge in [-0.1, -0.05) is 5.21 Å². The number of ether oxygens (including phenoxy) is 2. The maximum absolute atomic E-state index is 12.8. The highest BCUT2D eigenvalue weighted by atomic mass is 19.1. The monoisotopic (exact) mass is 334 g/mol. The lowest BCUT2D eigenvalue weighted by Gasteiger charge is -2.10. The van der Waals surface area contributed by atoms with Crippen LogP contribution in [0.25, 0.3) is 0 Å². The van der Waals surface area contributed by atoms with E-state index in [1.807, 2.05) is 0 Å². The highest BCUT2D eigenvalue weighted by Gasteiger charge is 2.16. The topological polar surface area (TPSA) is 78.3 Å². The van der Waals surface area contributed by atoms with Gasteiger partial charge in [0, 0.05) is 13.2 Å². The smallest absolute Gasteiger partial charge is 0.241 e. The van der Waals surface area contributed by atoms with Crippen molar-refractivity contribution in [2.75, 3.05) is 13.2 Å². The third kappa shape index (κ3) is 4.76. The molecule has 0 saturated carbocycles. The molecule has 2 aromatic rings. The fraction of sp³-hybridized carbons (Fsp3) is 0.438. The molecule has 1 amide bonds. The van der Waals surface area contributed by atoms with Crippen LogP contribution in [-0.2, 0) is 22.7 Å². The van der Waals surface area contributed by atoms with Gasteiger partial charge in [0.1, 0.15) is 30.4 Å². The van der Waals surface area contributed by atoms with Crippen LogP contribution in [0.15, 0.2) is 30.5 Å². The van der Waals surface area contributed by atoms with Crippen LogP contribution in [0.4, 0.5) is 4.39 Å². The summed E-state index contributed by atoms with van der Waals surface area (Å²) in [4.78, 5) is 11.9. The van der Waals surface area contributed by atoms with Crippen LogP contribution in [-0.4, -0.2) is 40.2 Å². The van der Waals surface area contributed by atoms with Crippen molar-refractivity contribution in [3.05, 3.63) is 42.0 Å². The summed E-state index contributed by atoms with van der Waals surface area (Å²) in [5.74, 6) is 0.0870. The van der Waals surface area contributed by atoms with Gasteiger partial charge in [-0.3, -0.25) is 4.79 Å². The zero-order valence-corrected chi connectivity index (χ0v) is 13.2. The molecule has 1 aliphatic heterocycles. The van der Waals surface area contributed by atoms with Gasteiger partial charge in [0.15, 0.2) is 0 Å². The van der Waals surface area contributed by atoms with Gasteiger partial charge in [-0.15, -0.1) is 5.10 Å². The number of hydrogen-bond donors (Lipinski definition) is 1. The van der Waals surface area contributed by atoms with Gasteiger partial charge in [-0.25, -0.2) is 9.07 Å². The SMILES string of the molecule is O=C(Cn1cc(COc2ccc(F)cc2)nn1)NC[C@@H]1CCCO1. The maximum atomic E-state index is 12.8. The van der Waals surface area contributed by atoms with Crippen molar-refractivity contribution in [2.45, 2.75) is 32.1 Å². The van der Waals surface area contributed by atoms with Crippen molar-refractivity contribution < 1.29 is 18.7 Å². The van der Waals surface area contributed by atoms with Gasteiger partial charge in [0.05, 0.1) is 12.3 Å². The molecule has 128 valence electrons. The standard InChI is InChI=1S/C16H19FN4O3/c17-12-3-5-14(6-4-12)24-11-13-9-21(20-19-13)10-16(22)18-8-15-2-1-7-23-15/h3-6,9,15H,1-2,7-8,10-11H2,(H,18,22)/t15-/m0/s1. The van der Waals surface area contributed by atoms with Crippen LogP contribution in [0.1, 0.15) is 18.5 Å². The Hall–Kier alpha value is -2.48. The zero-order valence-electron chi connectivity index (χ0n) is 13.2. The van der Waals surface area contributed by atoms with E-state index in [0.717, 1.165) is 19.4 Å². The lowest BCUT2D eigenvalue weighted by Crippen LogP contribution is -2.34. The quantitative estimate of drug-likeness (QED) is 0.825. The van der Waals surface area contributed by atoms with E-state index in [0.29, 0.717) is 18.0 Å². The Kier molecular flexibility index (Phi) is 5.37. The summed E-state index contributed by atoms with van der Waals surface area (Å²) < 4.78 is 25.2. The first-order valence-electron chi connectivity index (χ1n) is 7.85. The minimum Gasteiger partial charge on any atom is -0.487 e. The minimum absolute atomic E-state index is 0.0935. The molecule has 1 N–H and O–H groups in total. The third-order valence-electron chi connectivity index (χ3n) is 3.64. The lowest BCUT2D eigenvalue weighted by atomic mass is 10.2. The van der Waals surface area contributed by atoms with Crippen LogP contribution in [0.5, 0.6) is 5.75 Å². The van der Waals surface area contributed by atoms with E-state index in [1.54, 1.807) is 6.20 Å². The van der Waals surface area contributed by atoms with Crippen LogP contribution in [0.2, 0.25) is 0 Å². The Bertz CT molecular complexity index is 668. The summed E-state index contributed by atoms with van der Waals surface area (Å²) in [6.45, 7) is 1.58. The molecule has 8 heteroatoms. The summed E-state index contributed by atoms with van der Waals surface area (Å²) in [5, 5.41) is 10.7. The Morgan fingerprint density at radius 3 is 3.00 bits per heavy atom. The van der Waals surface area contributed by atoms with E-state index >= 15 is 0 Å². The second kappa shape index (κ2) is 7.87. The Morgan fingerprint density at radius 2 is 2.25 bits per heavy atom. The summed E-state index contributed by atoms with van der Waals surface area (Å²) in [7, 11) is 0. The van der Waals surface area contributed by atoms with Gasteiger partial charge in [0.2, 0.25) is 5.91 Å². The number of hydrogen-bond acceptors (Lipinski definition) is 5. The molecule has 1 atom stereocenters. The number of halogens is 1. The number of amides is 1. The number of benzene rings is 1. The van der Waals surface area contributed by atoms with Crippen LogP contribution >= 0.6 is 0 Å². The first-order chi connectivity index (χ1) is 11.7. The molecule has 7 nitrogen and oxygen atoms in total. The number of nitrogens with zero attached hydrogens (tertiary/aromatic N) is 3. The van der Waals surface area contributed by atoms with Crippen molar-refractivity contribution in [2.24, 2.45) is 0 Å². The molecule has 24 heavy (non-hydrogen) atoms. The van der Waals surface area contributed by atoms with Crippen LogP contribution in [0, 0.1) is 5.82 Å². The fourth-order valence-electron chi connectivity index (χ4n) is 2.41. The normalized spacial score (nSPS) is 17.0. The van der Waals surface area contributed by atoms with Crippen molar-refractivity contribution in [1.82, 2.24) is 20.3 Å². The number of aromatic nitrogens is 3. The molecule has 0 spiro atoms. The van der Waals surface area contributed by atoms with E-state index in [-0.39, 0.29) is 31.0 Å². The molecule has 2 heterocycles. The maximum Gasteiger partial charge on any atom is 0.241 e. The highest BCUT2D eigenvalue weighted by molar-refractivity contribution is 5.75. The molecule has 1 saturated heterocycles. The second-order valence-corrected chi connectivity index (χ2v) is 5.59. The Balaban J connectivity index is 1.42. The van der Waals surface area contributed by atoms with Crippen molar-refractivity contribution >= 4 is 5.91 Å². The predicted molar refractivity (Wildman–Crippen MR) is 82.7 cm³/mol. The highest BCUT2D eigenvalue weighted by Crippen LogP contribution is 2.12. The summed E-state index contributed by atoms with van der Waals surface area (Å²) in [6, 6.07) is 5.73. The lowest BCUT2D eigenvalue weighted by molar-refractivity contribution is -0.122. The molecule has 1 aromatic carbocycles. The van der Waals surface area contributed by atoms with Gasteiger partial charge in [0.25, 0.3) is 0 Å². The molecule has 0 bridgehead atoms. The van der Waals surface area contributed by atoms with E-state index in [1.165, 1.54) is 28.9 Å². The molecule has 1 aromatic heterocycles. The van der Waals surface area contributed by atoms with Gasteiger partial charge in [-0.05, 0) is 37.1 Å². The Labute approximate surface area is 138 Å². The molecule has 3 rings (SSSR count). The molecule has 0 aliphatic carbocycles. The van der Waals surface area contributed by atoms with E-state index in [9.17, 15) is 9.18 Å². The van der Waals surface area contributed by atoms with E-state index in [4.69, 9.17) is 9.47 Å². The first kappa shape index (κ1) is 16.4. The van der Waals surface area contributed by atoms with Gasteiger partial charge >= 0.3 is 0 Å². The van der Waals surface area contributed by atoms with Crippen molar-refractivity contribution in [3.8, 4) is 5.75 Å². The van der Waals surface area contributed by atoms with Gasteiger partial charge in [-0.2, -0.15) is 0 Å². The number of rotatable bonds is 7.